The van der Waals surface area contributed by atoms with Crippen LogP contribution in [0.15, 0.2) is 28.5 Å². The summed E-state index contributed by atoms with van der Waals surface area (Å²) in [6, 6.07) is 1.87. The molecule has 0 radical (unpaired) electrons. The number of hydrogen-bond acceptors (Lipinski definition) is 4. The van der Waals surface area contributed by atoms with Crippen molar-refractivity contribution in [2.45, 2.75) is 57.2 Å². The fourth-order valence-electron chi connectivity index (χ4n) is 4.10. The number of nitrogens with one attached hydrogen (secondary N) is 3. The van der Waals surface area contributed by atoms with E-state index in [1.807, 2.05) is 0 Å². The Kier molecular flexibility index (Phi) is 3.59. The lowest BCUT2D eigenvalue weighted by Gasteiger charge is -2.38. The molecule has 2 fully saturated rings. The maximum atomic E-state index is 4.49. The minimum atomic E-state index is 0.567. The minimum absolute atomic E-state index is 0.567. The summed E-state index contributed by atoms with van der Waals surface area (Å²) in [5.41, 5.74) is 3.97. The highest BCUT2D eigenvalue weighted by atomic mass is 15.1. The molecule has 4 nitrogen and oxygen atoms in total. The lowest BCUT2D eigenvalue weighted by molar-refractivity contribution is 0.281. The van der Waals surface area contributed by atoms with Gasteiger partial charge >= 0.3 is 0 Å². The summed E-state index contributed by atoms with van der Waals surface area (Å²) in [5, 5.41) is 11.0. The number of nitrogens with zero attached hydrogens (tertiary/aromatic N) is 1. The van der Waals surface area contributed by atoms with Crippen LogP contribution in [0.25, 0.3) is 0 Å². The molecule has 21 heavy (non-hydrogen) atoms. The Labute approximate surface area is 127 Å². The molecule has 0 saturated carbocycles. The van der Waals surface area contributed by atoms with E-state index in [0.29, 0.717) is 24.0 Å². The molecule has 4 unspecified atom stereocenters. The second kappa shape index (κ2) is 5.58. The average molecular weight is 286 g/mol. The molecule has 1 aliphatic carbocycles. The molecule has 4 heteroatoms. The third-order valence-corrected chi connectivity index (χ3v) is 5.33. The summed E-state index contributed by atoms with van der Waals surface area (Å²) in [6.07, 6.45) is 10.9. The van der Waals surface area contributed by atoms with E-state index in [9.17, 15) is 0 Å². The van der Waals surface area contributed by atoms with Crippen LogP contribution in [-0.4, -0.2) is 36.9 Å². The fourth-order valence-corrected chi connectivity index (χ4v) is 4.10. The highest BCUT2D eigenvalue weighted by Crippen LogP contribution is 2.34. The molecule has 3 heterocycles. The predicted molar refractivity (Wildman–Crippen MR) is 86.4 cm³/mol. The third-order valence-electron chi connectivity index (χ3n) is 5.33. The van der Waals surface area contributed by atoms with Crippen LogP contribution in [-0.2, 0) is 0 Å². The van der Waals surface area contributed by atoms with Gasteiger partial charge in [-0.3, -0.25) is 4.99 Å². The van der Waals surface area contributed by atoms with Gasteiger partial charge in [0.05, 0.1) is 11.4 Å². The topological polar surface area (TPSA) is 48.5 Å². The first-order valence-corrected chi connectivity index (χ1v) is 8.52. The Balaban J connectivity index is 1.50. The Hall–Kier alpha value is -1.13. The SMILES string of the molecule is CC1CCCC(C2C=C(NC3CCNC3)C3=NC=C3C2)N1. The van der Waals surface area contributed by atoms with Crippen molar-refractivity contribution in [3.8, 4) is 0 Å². The van der Waals surface area contributed by atoms with Crippen LogP contribution in [0.2, 0.25) is 0 Å². The van der Waals surface area contributed by atoms with E-state index in [-0.39, 0.29) is 0 Å². The van der Waals surface area contributed by atoms with Gasteiger partial charge in [0.25, 0.3) is 0 Å². The Morgan fingerprint density at radius 3 is 2.95 bits per heavy atom. The largest absolute Gasteiger partial charge is 0.379 e. The number of allylic oxidation sites excluding steroid dienone is 1. The Morgan fingerprint density at radius 1 is 1.29 bits per heavy atom. The summed E-state index contributed by atoms with van der Waals surface area (Å²) in [5.74, 6) is 0.620. The summed E-state index contributed by atoms with van der Waals surface area (Å²) in [4.78, 5) is 4.49. The summed E-state index contributed by atoms with van der Waals surface area (Å²) < 4.78 is 0. The molecule has 4 aliphatic rings. The van der Waals surface area contributed by atoms with Crippen molar-refractivity contribution in [1.82, 2.24) is 16.0 Å². The van der Waals surface area contributed by atoms with Crippen molar-refractivity contribution in [3.63, 3.8) is 0 Å². The van der Waals surface area contributed by atoms with Crippen LogP contribution in [0.4, 0.5) is 0 Å². The normalized spacial score (nSPS) is 38.8. The zero-order valence-corrected chi connectivity index (χ0v) is 12.9. The average Bonchev–Trinajstić information content (AvgIpc) is 2.93. The molecule has 0 aromatic heterocycles. The highest BCUT2D eigenvalue weighted by molar-refractivity contribution is 6.16. The molecule has 4 rings (SSSR count). The lowest BCUT2D eigenvalue weighted by Crippen LogP contribution is -2.47. The van der Waals surface area contributed by atoms with Crippen molar-refractivity contribution in [2.75, 3.05) is 13.1 Å². The number of rotatable bonds is 3. The molecule has 114 valence electrons. The van der Waals surface area contributed by atoms with Crippen LogP contribution >= 0.6 is 0 Å². The zero-order chi connectivity index (χ0) is 14.2. The molecule has 0 aromatic rings. The molecular weight excluding hydrogens is 260 g/mol. The van der Waals surface area contributed by atoms with E-state index in [0.717, 1.165) is 19.5 Å². The first-order valence-electron chi connectivity index (χ1n) is 8.52. The van der Waals surface area contributed by atoms with E-state index in [2.05, 4.69) is 40.1 Å². The highest BCUT2D eigenvalue weighted by Gasteiger charge is 2.33. The van der Waals surface area contributed by atoms with Gasteiger partial charge in [-0.25, -0.2) is 0 Å². The van der Waals surface area contributed by atoms with Gasteiger partial charge in [0.2, 0.25) is 0 Å². The molecule has 3 aliphatic heterocycles. The molecule has 4 atom stereocenters. The molecule has 0 bridgehead atoms. The van der Waals surface area contributed by atoms with Crippen LogP contribution < -0.4 is 16.0 Å². The van der Waals surface area contributed by atoms with Gasteiger partial charge in [-0.2, -0.15) is 0 Å². The molecule has 2 saturated heterocycles. The Bertz CT molecular complexity index is 499. The second-order valence-electron chi connectivity index (χ2n) is 7.02. The van der Waals surface area contributed by atoms with Crippen LogP contribution in [0.5, 0.6) is 0 Å². The van der Waals surface area contributed by atoms with E-state index >= 15 is 0 Å². The molecule has 0 amide bonds. The number of aliphatic imine (C=N–C) groups is 1. The van der Waals surface area contributed by atoms with E-state index in [4.69, 9.17) is 0 Å². The number of piperidine rings is 1. The van der Waals surface area contributed by atoms with Gasteiger partial charge in [0.15, 0.2) is 0 Å². The van der Waals surface area contributed by atoms with Crippen LogP contribution in [0.1, 0.15) is 39.0 Å². The van der Waals surface area contributed by atoms with Gasteiger partial charge in [-0.1, -0.05) is 12.5 Å². The van der Waals surface area contributed by atoms with Crippen molar-refractivity contribution in [1.29, 1.82) is 0 Å². The summed E-state index contributed by atoms with van der Waals surface area (Å²) >= 11 is 0. The fraction of sp³-hybridized carbons (Fsp3) is 0.706. The molecule has 0 aromatic carbocycles. The molecular formula is C17H26N4. The first kappa shape index (κ1) is 13.5. The summed E-state index contributed by atoms with van der Waals surface area (Å²) in [6.45, 7) is 4.52. The minimum Gasteiger partial charge on any atom is -0.379 e. The predicted octanol–water partition coefficient (Wildman–Crippen LogP) is 1.71. The van der Waals surface area contributed by atoms with Crippen LogP contribution in [0.3, 0.4) is 0 Å². The lowest BCUT2D eigenvalue weighted by atomic mass is 9.79. The quantitative estimate of drug-likeness (QED) is 0.740. The van der Waals surface area contributed by atoms with E-state index in [1.54, 1.807) is 0 Å². The second-order valence-corrected chi connectivity index (χ2v) is 7.02. The van der Waals surface area contributed by atoms with Crippen molar-refractivity contribution < 1.29 is 0 Å². The van der Waals surface area contributed by atoms with Crippen molar-refractivity contribution in [3.05, 3.63) is 23.5 Å². The van der Waals surface area contributed by atoms with Crippen molar-refractivity contribution >= 4 is 5.71 Å². The smallest absolute Gasteiger partial charge is 0.0905 e. The number of hydrogen-bond donors (Lipinski definition) is 3. The van der Waals surface area contributed by atoms with E-state index in [1.165, 1.54) is 42.7 Å². The van der Waals surface area contributed by atoms with Gasteiger partial charge in [0, 0.05) is 30.9 Å². The van der Waals surface area contributed by atoms with Gasteiger partial charge in [-0.05, 0) is 50.6 Å². The maximum absolute atomic E-state index is 4.49. The third kappa shape index (κ3) is 2.67. The number of fused-ring (bicyclic) bond motifs is 1. The molecule has 0 spiro atoms. The Morgan fingerprint density at radius 2 is 2.24 bits per heavy atom. The van der Waals surface area contributed by atoms with E-state index < -0.39 is 0 Å². The van der Waals surface area contributed by atoms with Crippen molar-refractivity contribution in [2.24, 2.45) is 10.9 Å². The zero-order valence-electron chi connectivity index (χ0n) is 12.9. The standard InChI is InChI=1S/C17H26N4/c1-11-3-2-4-15(20-11)12-7-13-9-19-17(13)16(8-12)21-14-5-6-18-10-14/h8-9,11-12,14-15,18,20-21H,2-7,10H2,1H3. The first-order chi connectivity index (χ1) is 10.3. The maximum Gasteiger partial charge on any atom is 0.0905 e. The van der Waals surface area contributed by atoms with Gasteiger partial charge < -0.3 is 16.0 Å². The van der Waals surface area contributed by atoms with Crippen LogP contribution in [0, 0.1) is 5.92 Å². The molecule has 3 N–H and O–H groups in total. The van der Waals surface area contributed by atoms with Gasteiger partial charge in [-0.15, -0.1) is 0 Å². The van der Waals surface area contributed by atoms with Gasteiger partial charge in [0.1, 0.15) is 0 Å². The monoisotopic (exact) mass is 286 g/mol. The summed E-state index contributed by atoms with van der Waals surface area (Å²) in [7, 11) is 0.